The number of benzene rings is 1. The monoisotopic (exact) mass is 190 g/mol. The number of hydrogen-bond donors (Lipinski definition) is 1. The lowest BCUT2D eigenvalue weighted by Gasteiger charge is -2.17. The molecule has 0 atom stereocenters. The minimum absolute atomic E-state index is 0.876. The van der Waals surface area contributed by atoms with Crippen molar-refractivity contribution in [3.63, 3.8) is 0 Å². The second kappa shape index (κ2) is 5.32. The van der Waals surface area contributed by atoms with Crippen molar-refractivity contribution < 1.29 is 0 Å². The van der Waals surface area contributed by atoms with Gasteiger partial charge in [-0.25, -0.2) is 0 Å². The molecule has 0 aliphatic rings. The molecule has 2 nitrogen and oxygen atoms in total. The standard InChI is InChI=1S/C12H18N2/c1-4-5-10-13-11-8-6-7-9-12(11)14(2)3/h4-9,13H,10H2,1-3H3/b5-4+. The van der Waals surface area contributed by atoms with Crippen molar-refractivity contribution in [2.45, 2.75) is 6.92 Å². The Hall–Kier alpha value is -1.44. The third kappa shape index (κ3) is 2.80. The van der Waals surface area contributed by atoms with Crippen LogP contribution >= 0.6 is 0 Å². The Kier molecular flexibility index (Phi) is 4.05. The molecule has 0 amide bonds. The van der Waals surface area contributed by atoms with Gasteiger partial charge in [-0.2, -0.15) is 0 Å². The van der Waals surface area contributed by atoms with Gasteiger partial charge in [0.25, 0.3) is 0 Å². The summed E-state index contributed by atoms with van der Waals surface area (Å²) >= 11 is 0. The van der Waals surface area contributed by atoms with E-state index in [0.29, 0.717) is 0 Å². The molecule has 0 heterocycles. The fourth-order valence-corrected chi connectivity index (χ4v) is 1.30. The van der Waals surface area contributed by atoms with Gasteiger partial charge >= 0.3 is 0 Å². The summed E-state index contributed by atoms with van der Waals surface area (Å²) in [6.45, 7) is 2.90. The normalized spacial score (nSPS) is 10.5. The predicted octanol–water partition coefficient (Wildman–Crippen LogP) is 2.74. The lowest BCUT2D eigenvalue weighted by Crippen LogP contribution is -2.12. The Labute approximate surface area is 86.2 Å². The van der Waals surface area contributed by atoms with Gasteiger partial charge in [0, 0.05) is 20.6 Å². The topological polar surface area (TPSA) is 15.3 Å². The van der Waals surface area contributed by atoms with E-state index < -0.39 is 0 Å². The van der Waals surface area contributed by atoms with Crippen LogP contribution in [0.25, 0.3) is 0 Å². The van der Waals surface area contributed by atoms with E-state index in [0.717, 1.165) is 6.54 Å². The van der Waals surface area contributed by atoms with Crippen molar-refractivity contribution in [1.29, 1.82) is 0 Å². The summed E-state index contributed by atoms with van der Waals surface area (Å²) in [6.07, 6.45) is 4.15. The second-order valence-electron chi connectivity index (χ2n) is 3.36. The van der Waals surface area contributed by atoms with E-state index in [1.54, 1.807) is 0 Å². The minimum Gasteiger partial charge on any atom is -0.380 e. The zero-order valence-electron chi connectivity index (χ0n) is 9.12. The largest absolute Gasteiger partial charge is 0.380 e. The summed E-state index contributed by atoms with van der Waals surface area (Å²) in [5.74, 6) is 0. The summed E-state index contributed by atoms with van der Waals surface area (Å²) in [5.41, 5.74) is 2.40. The van der Waals surface area contributed by atoms with Gasteiger partial charge in [-0.15, -0.1) is 0 Å². The maximum atomic E-state index is 3.37. The number of rotatable bonds is 4. The number of nitrogens with zero attached hydrogens (tertiary/aromatic N) is 1. The van der Waals surface area contributed by atoms with Crippen molar-refractivity contribution in [1.82, 2.24) is 0 Å². The highest BCUT2D eigenvalue weighted by Crippen LogP contribution is 2.22. The van der Waals surface area contributed by atoms with Gasteiger partial charge in [-0.1, -0.05) is 24.3 Å². The van der Waals surface area contributed by atoms with Crippen molar-refractivity contribution in [2.75, 3.05) is 30.9 Å². The molecule has 1 aromatic rings. The molecule has 0 aliphatic carbocycles. The van der Waals surface area contributed by atoms with E-state index >= 15 is 0 Å². The van der Waals surface area contributed by atoms with Crippen LogP contribution < -0.4 is 10.2 Å². The van der Waals surface area contributed by atoms with Crippen molar-refractivity contribution in [2.24, 2.45) is 0 Å². The Morgan fingerprint density at radius 1 is 1.29 bits per heavy atom. The number of para-hydroxylation sites is 2. The van der Waals surface area contributed by atoms with Crippen molar-refractivity contribution >= 4 is 11.4 Å². The molecule has 0 spiro atoms. The number of hydrogen-bond acceptors (Lipinski definition) is 2. The number of nitrogens with one attached hydrogen (secondary N) is 1. The molecule has 0 saturated heterocycles. The number of anilines is 2. The van der Waals surface area contributed by atoms with Gasteiger partial charge in [0.15, 0.2) is 0 Å². The van der Waals surface area contributed by atoms with Crippen LogP contribution in [0.1, 0.15) is 6.92 Å². The fraction of sp³-hybridized carbons (Fsp3) is 0.333. The minimum atomic E-state index is 0.876. The Bertz CT molecular complexity index is 303. The third-order valence-electron chi connectivity index (χ3n) is 2.03. The average Bonchev–Trinajstić information content (AvgIpc) is 2.19. The van der Waals surface area contributed by atoms with Gasteiger partial charge < -0.3 is 10.2 Å². The summed E-state index contributed by atoms with van der Waals surface area (Å²) < 4.78 is 0. The molecule has 1 aromatic carbocycles. The van der Waals surface area contributed by atoms with Crippen LogP contribution in [0, 0.1) is 0 Å². The maximum Gasteiger partial charge on any atom is 0.0596 e. The van der Waals surface area contributed by atoms with Crippen LogP contribution in [-0.4, -0.2) is 20.6 Å². The fourth-order valence-electron chi connectivity index (χ4n) is 1.30. The molecule has 0 aromatic heterocycles. The molecule has 1 rings (SSSR count). The highest BCUT2D eigenvalue weighted by atomic mass is 15.1. The molecule has 0 fully saturated rings. The van der Waals surface area contributed by atoms with Crippen molar-refractivity contribution in [3.8, 4) is 0 Å². The average molecular weight is 190 g/mol. The molecule has 2 heteroatoms. The maximum absolute atomic E-state index is 3.37. The third-order valence-corrected chi connectivity index (χ3v) is 2.03. The molecule has 0 unspecified atom stereocenters. The van der Waals surface area contributed by atoms with Gasteiger partial charge in [-0.05, 0) is 19.1 Å². The van der Waals surface area contributed by atoms with Gasteiger partial charge in [0.05, 0.1) is 11.4 Å². The van der Waals surface area contributed by atoms with Crippen LogP contribution in [-0.2, 0) is 0 Å². The van der Waals surface area contributed by atoms with Crippen LogP contribution in [0.3, 0.4) is 0 Å². The Balaban J connectivity index is 2.74. The van der Waals surface area contributed by atoms with Crippen LogP contribution in [0.5, 0.6) is 0 Å². The zero-order valence-corrected chi connectivity index (χ0v) is 9.12. The lowest BCUT2D eigenvalue weighted by molar-refractivity contribution is 1.13. The highest BCUT2D eigenvalue weighted by Gasteiger charge is 2.00. The SMILES string of the molecule is C/C=C/CNc1ccccc1N(C)C. The van der Waals surface area contributed by atoms with E-state index in [2.05, 4.69) is 48.6 Å². The summed E-state index contributed by atoms with van der Waals surface area (Å²) in [5, 5.41) is 3.37. The first-order valence-electron chi connectivity index (χ1n) is 4.87. The first-order valence-corrected chi connectivity index (χ1v) is 4.87. The lowest BCUT2D eigenvalue weighted by atomic mass is 10.2. The quantitative estimate of drug-likeness (QED) is 0.734. The smallest absolute Gasteiger partial charge is 0.0596 e. The molecule has 1 N–H and O–H groups in total. The van der Waals surface area contributed by atoms with Crippen molar-refractivity contribution in [3.05, 3.63) is 36.4 Å². The van der Waals surface area contributed by atoms with E-state index in [4.69, 9.17) is 0 Å². The van der Waals surface area contributed by atoms with Crippen LogP contribution in [0.4, 0.5) is 11.4 Å². The summed E-state index contributed by atoms with van der Waals surface area (Å²) in [7, 11) is 4.10. The molecule has 0 aliphatic heterocycles. The molecule has 0 saturated carbocycles. The molecule has 14 heavy (non-hydrogen) atoms. The Morgan fingerprint density at radius 3 is 2.64 bits per heavy atom. The second-order valence-corrected chi connectivity index (χ2v) is 3.36. The summed E-state index contributed by atoms with van der Waals surface area (Å²) in [6, 6.07) is 8.30. The van der Waals surface area contributed by atoms with E-state index in [-0.39, 0.29) is 0 Å². The zero-order chi connectivity index (χ0) is 10.4. The summed E-state index contributed by atoms with van der Waals surface area (Å²) in [4.78, 5) is 2.11. The molecule has 76 valence electrons. The molecular formula is C12H18N2. The van der Waals surface area contributed by atoms with E-state index in [1.807, 2.05) is 19.1 Å². The van der Waals surface area contributed by atoms with Crippen LogP contribution in [0.15, 0.2) is 36.4 Å². The number of allylic oxidation sites excluding steroid dienone is 1. The van der Waals surface area contributed by atoms with Gasteiger partial charge in [0.2, 0.25) is 0 Å². The molecule has 0 bridgehead atoms. The predicted molar refractivity (Wildman–Crippen MR) is 64.1 cm³/mol. The highest BCUT2D eigenvalue weighted by molar-refractivity contribution is 5.69. The first kappa shape index (κ1) is 10.6. The van der Waals surface area contributed by atoms with Crippen LogP contribution in [0.2, 0.25) is 0 Å². The van der Waals surface area contributed by atoms with Gasteiger partial charge in [-0.3, -0.25) is 0 Å². The Morgan fingerprint density at radius 2 is 2.00 bits per heavy atom. The van der Waals surface area contributed by atoms with E-state index in [1.165, 1.54) is 11.4 Å². The first-order chi connectivity index (χ1) is 6.75. The molecule has 0 radical (unpaired) electrons. The molecular weight excluding hydrogens is 172 g/mol. The van der Waals surface area contributed by atoms with Gasteiger partial charge in [0.1, 0.15) is 0 Å². The van der Waals surface area contributed by atoms with E-state index in [9.17, 15) is 0 Å².